The summed E-state index contributed by atoms with van der Waals surface area (Å²) in [5, 5.41) is 3.22. The number of methoxy groups -OCH3 is 1. The Kier molecular flexibility index (Phi) is 2.96. The van der Waals surface area contributed by atoms with E-state index in [9.17, 15) is 0 Å². The van der Waals surface area contributed by atoms with Gasteiger partial charge in [0.05, 0.1) is 17.6 Å². The molecule has 0 amide bonds. The molecule has 1 heterocycles. The number of nitrogen functional groups attached to an aromatic ring is 1. The van der Waals surface area contributed by atoms with Crippen LogP contribution in [-0.4, -0.2) is 29.7 Å². The lowest BCUT2D eigenvalue weighted by Crippen LogP contribution is -2.21. The molecule has 0 aliphatic rings. The molecule has 0 aliphatic heterocycles. The van der Waals surface area contributed by atoms with E-state index in [-0.39, 0.29) is 6.04 Å². The van der Waals surface area contributed by atoms with Crippen LogP contribution in [0, 0.1) is 0 Å². The van der Waals surface area contributed by atoms with E-state index >= 15 is 0 Å². The maximum absolute atomic E-state index is 5.69. The average Bonchev–Trinajstić information content (AvgIpc) is 2.59. The zero-order valence-corrected chi connectivity index (χ0v) is 9.45. The second kappa shape index (κ2) is 4.40. The number of aromatic amines is 1. The normalized spacial score (nSPS) is 12.9. The van der Waals surface area contributed by atoms with Gasteiger partial charge >= 0.3 is 0 Å². The highest BCUT2D eigenvalue weighted by molar-refractivity contribution is 5.80. The first-order valence-corrected chi connectivity index (χ1v) is 5.20. The van der Waals surface area contributed by atoms with Crippen LogP contribution in [0.1, 0.15) is 6.92 Å². The number of fused-ring (bicyclic) bond motifs is 1. The van der Waals surface area contributed by atoms with Crippen LogP contribution in [0.4, 0.5) is 11.6 Å². The summed E-state index contributed by atoms with van der Waals surface area (Å²) in [6.45, 7) is 2.67. The lowest BCUT2D eigenvalue weighted by atomic mass is 10.3. The first-order chi connectivity index (χ1) is 7.69. The van der Waals surface area contributed by atoms with Crippen LogP contribution in [0.2, 0.25) is 0 Å². The fraction of sp³-hybridized carbons (Fsp3) is 0.364. The number of H-pyrrole nitrogens is 1. The Balaban J connectivity index is 2.19. The average molecular weight is 220 g/mol. The molecule has 16 heavy (non-hydrogen) atoms. The Labute approximate surface area is 94.0 Å². The fourth-order valence-electron chi connectivity index (χ4n) is 1.62. The van der Waals surface area contributed by atoms with Crippen LogP contribution in [0.5, 0.6) is 0 Å². The van der Waals surface area contributed by atoms with Crippen molar-refractivity contribution in [1.29, 1.82) is 0 Å². The predicted molar refractivity (Wildman–Crippen MR) is 65.5 cm³/mol. The number of hydrogen-bond acceptors (Lipinski definition) is 4. The molecule has 2 rings (SSSR count). The summed E-state index contributed by atoms with van der Waals surface area (Å²) in [7, 11) is 1.68. The van der Waals surface area contributed by atoms with Crippen molar-refractivity contribution < 1.29 is 4.74 Å². The number of rotatable bonds is 4. The van der Waals surface area contributed by atoms with Gasteiger partial charge in [-0.25, -0.2) is 4.98 Å². The number of anilines is 2. The molecule has 1 unspecified atom stereocenters. The van der Waals surface area contributed by atoms with Gasteiger partial charge in [-0.1, -0.05) is 0 Å². The van der Waals surface area contributed by atoms with E-state index in [0.29, 0.717) is 6.61 Å². The zero-order chi connectivity index (χ0) is 11.5. The lowest BCUT2D eigenvalue weighted by molar-refractivity contribution is 0.190. The number of aromatic nitrogens is 2. The van der Waals surface area contributed by atoms with Gasteiger partial charge in [-0.2, -0.15) is 0 Å². The largest absolute Gasteiger partial charge is 0.399 e. The van der Waals surface area contributed by atoms with Crippen LogP contribution < -0.4 is 11.1 Å². The third-order valence-corrected chi connectivity index (χ3v) is 2.31. The van der Waals surface area contributed by atoms with E-state index in [4.69, 9.17) is 10.5 Å². The van der Waals surface area contributed by atoms with Gasteiger partial charge in [0.15, 0.2) is 0 Å². The van der Waals surface area contributed by atoms with Crippen molar-refractivity contribution in [2.45, 2.75) is 13.0 Å². The molecule has 0 spiro atoms. The first-order valence-electron chi connectivity index (χ1n) is 5.20. The van der Waals surface area contributed by atoms with E-state index in [0.717, 1.165) is 22.7 Å². The minimum Gasteiger partial charge on any atom is -0.399 e. The fourth-order valence-corrected chi connectivity index (χ4v) is 1.62. The summed E-state index contributed by atoms with van der Waals surface area (Å²) in [6, 6.07) is 5.82. The third kappa shape index (κ3) is 2.25. The molecule has 1 aromatic carbocycles. The molecule has 4 N–H and O–H groups in total. The van der Waals surface area contributed by atoms with Crippen LogP contribution >= 0.6 is 0 Å². The smallest absolute Gasteiger partial charge is 0.201 e. The summed E-state index contributed by atoms with van der Waals surface area (Å²) in [5.74, 6) is 0.741. The van der Waals surface area contributed by atoms with Crippen molar-refractivity contribution in [3.8, 4) is 0 Å². The van der Waals surface area contributed by atoms with Crippen molar-refractivity contribution in [3.05, 3.63) is 18.2 Å². The number of nitrogens with zero attached hydrogens (tertiary/aromatic N) is 1. The molecule has 86 valence electrons. The number of hydrogen-bond donors (Lipinski definition) is 3. The molecule has 0 saturated heterocycles. The van der Waals surface area contributed by atoms with Crippen LogP contribution in [0.3, 0.4) is 0 Å². The summed E-state index contributed by atoms with van der Waals surface area (Å²) < 4.78 is 5.04. The summed E-state index contributed by atoms with van der Waals surface area (Å²) in [5.41, 5.74) is 8.26. The minimum atomic E-state index is 0.211. The molecule has 1 aromatic heterocycles. The van der Waals surface area contributed by atoms with Crippen molar-refractivity contribution >= 4 is 22.7 Å². The predicted octanol–water partition coefficient (Wildman–Crippen LogP) is 1.59. The number of nitrogens with one attached hydrogen (secondary N) is 2. The number of ether oxygens (including phenoxy) is 1. The minimum absolute atomic E-state index is 0.211. The molecule has 5 nitrogen and oxygen atoms in total. The van der Waals surface area contributed by atoms with E-state index < -0.39 is 0 Å². The van der Waals surface area contributed by atoms with Gasteiger partial charge in [0, 0.05) is 18.8 Å². The monoisotopic (exact) mass is 220 g/mol. The maximum Gasteiger partial charge on any atom is 0.201 e. The topological polar surface area (TPSA) is 76.0 Å². The van der Waals surface area contributed by atoms with E-state index in [1.165, 1.54) is 0 Å². The summed E-state index contributed by atoms with van der Waals surface area (Å²) in [6.07, 6.45) is 0. The zero-order valence-electron chi connectivity index (χ0n) is 9.45. The van der Waals surface area contributed by atoms with Crippen molar-refractivity contribution in [2.75, 3.05) is 24.8 Å². The second-order valence-corrected chi connectivity index (χ2v) is 3.86. The van der Waals surface area contributed by atoms with Gasteiger partial charge < -0.3 is 20.8 Å². The molecule has 0 fully saturated rings. The van der Waals surface area contributed by atoms with E-state index in [1.807, 2.05) is 25.1 Å². The van der Waals surface area contributed by atoms with Crippen LogP contribution in [-0.2, 0) is 4.74 Å². The molecular formula is C11H16N4O. The molecular weight excluding hydrogens is 204 g/mol. The Morgan fingerprint density at radius 2 is 2.38 bits per heavy atom. The number of imidazole rings is 1. The van der Waals surface area contributed by atoms with Crippen LogP contribution in [0.25, 0.3) is 11.0 Å². The Morgan fingerprint density at radius 3 is 3.12 bits per heavy atom. The van der Waals surface area contributed by atoms with Crippen molar-refractivity contribution in [3.63, 3.8) is 0 Å². The van der Waals surface area contributed by atoms with Gasteiger partial charge in [-0.15, -0.1) is 0 Å². The molecule has 0 saturated carbocycles. The molecule has 0 aliphatic carbocycles. The van der Waals surface area contributed by atoms with Gasteiger partial charge in [-0.3, -0.25) is 0 Å². The maximum atomic E-state index is 5.69. The molecule has 2 aromatic rings. The molecule has 0 bridgehead atoms. The van der Waals surface area contributed by atoms with Gasteiger partial charge in [0.2, 0.25) is 5.95 Å². The van der Waals surface area contributed by atoms with Gasteiger partial charge in [-0.05, 0) is 25.1 Å². The highest BCUT2D eigenvalue weighted by atomic mass is 16.5. The SMILES string of the molecule is COCC(C)Nc1nc2ccc(N)cc2[nH]1. The van der Waals surface area contributed by atoms with Gasteiger partial charge in [0.1, 0.15) is 0 Å². The molecule has 0 radical (unpaired) electrons. The highest BCUT2D eigenvalue weighted by Crippen LogP contribution is 2.17. The second-order valence-electron chi connectivity index (χ2n) is 3.86. The Bertz CT molecular complexity index is 480. The summed E-state index contributed by atoms with van der Waals surface area (Å²) in [4.78, 5) is 7.57. The van der Waals surface area contributed by atoms with Crippen LogP contribution in [0.15, 0.2) is 18.2 Å². The van der Waals surface area contributed by atoms with E-state index in [2.05, 4.69) is 15.3 Å². The molecule has 1 atom stereocenters. The Morgan fingerprint density at radius 1 is 1.56 bits per heavy atom. The number of nitrogens with two attached hydrogens (primary N) is 1. The van der Waals surface area contributed by atoms with Crippen molar-refractivity contribution in [2.24, 2.45) is 0 Å². The third-order valence-electron chi connectivity index (χ3n) is 2.31. The highest BCUT2D eigenvalue weighted by Gasteiger charge is 2.06. The molecule has 5 heteroatoms. The standard InChI is InChI=1S/C11H16N4O/c1-7(6-16-2)13-11-14-9-4-3-8(12)5-10(9)15-11/h3-5,7H,6,12H2,1-2H3,(H2,13,14,15). The lowest BCUT2D eigenvalue weighted by Gasteiger charge is -2.10. The summed E-state index contributed by atoms with van der Waals surface area (Å²) >= 11 is 0. The van der Waals surface area contributed by atoms with Gasteiger partial charge in [0.25, 0.3) is 0 Å². The van der Waals surface area contributed by atoms with Crippen molar-refractivity contribution in [1.82, 2.24) is 9.97 Å². The quantitative estimate of drug-likeness (QED) is 0.684. The first kappa shape index (κ1) is 10.8. The number of benzene rings is 1. The Hall–Kier alpha value is -1.75. The van der Waals surface area contributed by atoms with E-state index in [1.54, 1.807) is 7.11 Å².